The van der Waals surface area contributed by atoms with E-state index in [4.69, 9.17) is 4.74 Å². The number of aromatic nitrogens is 3. The highest BCUT2D eigenvalue weighted by molar-refractivity contribution is 5.78. The third-order valence-electron chi connectivity index (χ3n) is 4.94. The highest BCUT2D eigenvalue weighted by Crippen LogP contribution is 2.31. The van der Waals surface area contributed by atoms with Crippen LogP contribution < -0.4 is 15.2 Å². The van der Waals surface area contributed by atoms with Crippen molar-refractivity contribution >= 4 is 29.4 Å². The maximum atomic E-state index is 14.2. The minimum atomic E-state index is -4.42. The number of pyridine rings is 1. The topological polar surface area (TPSA) is 78.8 Å². The molecular formula is C22H21F4N7O. The SMILES string of the molecule is CN(N=Cc1ccc(Nc2cccc(C(F)(F)F)c2)cn1)c1ncc(F)c(N2CCOCC2)n1. The lowest BCUT2D eigenvalue weighted by atomic mass is 10.2. The Morgan fingerprint density at radius 2 is 1.88 bits per heavy atom. The van der Waals surface area contributed by atoms with Crippen molar-refractivity contribution in [3.63, 3.8) is 0 Å². The Morgan fingerprint density at radius 1 is 1.09 bits per heavy atom. The number of halogens is 4. The first-order valence-corrected chi connectivity index (χ1v) is 10.3. The Bertz CT molecular complexity index is 1150. The highest BCUT2D eigenvalue weighted by Gasteiger charge is 2.30. The van der Waals surface area contributed by atoms with Crippen LogP contribution in [0.4, 0.5) is 40.7 Å². The van der Waals surface area contributed by atoms with Crippen LogP contribution in [0.3, 0.4) is 0 Å². The molecule has 34 heavy (non-hydrogen) atoms. The van der Waals surface area contributed by atoms with Crippen molar-refractivity contribution in [2.45, 2.75) is 6.18 Å². The van der Waals surface area contributed by atoms with Crippen LogP contribution in [0.25, 0.3) is 0 Å². The Hall–Kier alpha value is -3.80. The van der Waals surface area contributed by atoms with E-state index in [1.807, 2.05) is 0 Å². The molecule has 1 aliphatic heterocycles. The van der Waals surface area contributed by atoms with Crippen molar-refractivity contribution in [2.75, 3.05) is 48.6 Å². The standard InChI is InChI=1S/C22H21F4N7O/c1-32(21-28-14-19(23)20(31-21)33-7-9-34-10-8-33)29-13-17-5-6-18(12-27-17)30-16-4-2-3-15(11-16)22(24,25)26/h2-6,11-14,30H,7-10H2,1H3. The number of benzene rings is 1. The quantitative estimate of drug-likeness (QED) is 0.327. The largest absolute Gasteiger partial charge is 0.416 e. The van der Waals surface area contributed by atoms with Gasteiger partial charge in [-0.1, -0.05) is 6.07 Å². The minimum absolute atomic E-state index is 0.193. The van der Waals surface area contributed by atoms with E-state index in [1.54, 1.807) is 24.1 Å². The van der Waals surface area contributed by atoms with E-state index in [9.17, 15) is 17.6 Å². The molecule has 178 valence electrons. The molecule has 3 heterocycles. The molecule has 1 aliphatic rings. The van der Waals surface area contributed by atoms with Crippen molar-refractivity contribution in [1.29, 1.82) is 0 Å². The van der Waals surface area contributed by atoms with E-state index < -0.39 is 17.6 Å². The van der Waals surface area contributed by atoms with Gasteiger partial charge < -0.3 is 15.0 Å². The number of nitrogens with one attached hydrogen (secondary N) is 1. The van der Waals surface area contributed by atoms with Crippen LogP contribution in [0.2, 0.25) is 0 Å². The van der Waals surface area contributed by atoms with E-state index in [0.717, 1.165) is 18.3 Å². The average molecular weight is 475 g/mol. The van der Waals surface area contributed by atoms with Crippen LogP contribution in [0.5, 0.6) is 0 Å². The summed E-state index contributed by atoms with van der Waals surface area (Å²) >= 11 is 0. The molecule has 0 amide bonds. The van der Waals surface area contributed by atoms with Crippen molar-refractivity contribution in [3.05, 3.63) is 65.9 Å². The van der Waals surface area contributed by atoms with E-state index in [0.29, 0.717) is 43.4 Å². The molecule has 0 aliphatic carbocycles. The number of hydrogen-bond acceptors (Lipinski definition) is 8. The molecule has 2 aromatic heterocycles. The van der Waals surface area contributed by atoms with Gasteiger partial charge in [0.25, 0.3) is 0 Å². The zero-order valence-corrected chi connectivity index (χ0v) is 18.1. The predicted octanol–water partition coefficient (Wildman–Crippen LogP) is 4.08. The molecule has 1 saturated heterocycles. The summed E-state index contributed by atoms with van der Waals surface area (Å²) in [5.41, 5.74) is 0.568. The summed E-state index contributed by atoms with van der Waals surface area (Å²) < 4.78 is 58.1. The number of ether oxygens (including phenoxy) is 1. The number of nitrogens with zero attached hydrogens (tertiary/aromatic N) is 6. The second kappa shape index (κ2) is 10.00. The summed E-state index contributed by atoms with van der Waals surface area (Å²) in [6.45, 7) is 2.06. The van der Waals surface area contributed by atoms with Crippen LogP contribution in [0.15, 0.2) is 53.9 Å². The van der Waals surface area contributed by atoms with Crippen LogP contribution >= 0.6 is 0 Å². The first kappa shape index (κ1) is 23.4. The molecule has 1 N–H and O–H groups in total. The summed E-state index contributed by atoms with van der Waals surface area (Å²) in [4.78, 5) is 14.3. The molecule has 1 aromatic carbocycles. The average Bonchev–Trinajstić information content (AvgIpc) is 2.84. The highest BCUT2D eigenvalue weighted by atomic mass is 19.4. The fourth-order valence-electron chi connectivity index (χ4n) is 3.19. The van der Waals surface area contributed by atoms with Gasteiger partial charge in [0, 0.05) is 25.8 Å². The molecule has 1 fully saturated rings. The Kier molecular flexibility index (Phi) is 6.87. The van der Waals surface area contributed by atoms with Crippen molar-refractivity contribution in [2.24, 2.45) is 5.10 Å². The maximum Gasteiger partial charge on any atom is 0.416 e. The fourth-order valence-corrected chi connectivity index (χ4v) is 3.19. The Balaban J connectivity index is 1.41. The number of morpholine rings is 1. The fraction of sp³-hybridized carbons (Fsp3) is 0.273. The second-order valence-electron chi connectivity index (χ2n) is 7.38. The lowest BCUT2D eigenvalue weighted by Crippen LogP contribution is -2.37. The van der Waals surface area contributed by atoms with Gasteiger partial charge >= 0.3 is 6.18 Å². The molecule has 0 bridgehead atoms. The van der Waals surface area contributed by atoms with E-state index in [2.05, 4.69) is 25.4 Å². The molecule has 3 aromatic rings. The van der Waals surface area contributed by atoms with E-state index in [1.165, 1.54) is 29.6 Å². The summed E-state index contributed by atoms with van der Waals surface area (Å²) in [6, 6.07) is 8.22. The van der Waals surface area contributed by atoms with Gasteiger partial charge in [-0.05, 0) is 30.3 Å². The van der Waals surface area contributed by atoms with Crippen molar-refractivity contribution < 1.29 is 22.3 Å². The number of hydrogen-bond donors (Lipinski definition) is 1. The number of anilines is 4. The zero-order chi connectivity index (χ0) is 24.1. The first-order valence-electron chi connectivity index (χ1n) is 10.3. The molecule has 0 saturated carbocycles. The van der Waals surface area contributed by atoms with Gasteiger partial charge in [0.1, 0.15) is 0 Å². The van der Waals surface area contributed by atoms with Crippen molar-refractivity contribution in [1.82, 2.24) is 15.0 Å². The third-order valence-corrected chi connectivity index (χ3v) is 4.94. The van der Waals surface area contributed by atoms with Gasteiger partial charge in [-0.25, -0.2) is 14.4 Å². The molecule has 0 atom stereocenters. The minimum Gasteiger partial charge on any atom is -0.378 e. The van der Waals surface area contributed by atoms with Crippen LogP contribution in [-0.4, -0.2) is 54.5 Å². The molecule has 12 heteroatoms. The lowest BCUT2D eigenvalue weighted by Gasteiger charge is -2.28. The number of alkyl halides is 3. The van der Waals surface area contributed by atoms with Crippen LogP contribution in [-0.2, 0) is 10.9 Å². The maximum absolute atomic E-state index is 14.2. The molecule has 0 unspecified atom stereocenters. The summed E-state index contributed by atoms with van der Waals surface area (Å²) in [5, 5.41) is 8.52. The molecule has 0 radical (unpaired) electrons. The Morgan fingerprint density at radius 3 is 2.59 bits per heavy atom. The van der Waals surface area contributed by atoms with Crippen LogP contribution in [0.1, 0.15) is 11.3 Å². The summed E-state index contributed by atoms with van der Waals surface area (Å²) in [7, 11) is 1.62. The first-order chi connectivity index (χ1) is 16.3. The monoisotopic (exact) mass is 475 g/mol. The van der Waals surface area contributed by atoms with Gasteiger partial charge in [0.05, 0.1) is 48.8 Å². The Labute approximate surface area is 192 Å². The lowest BCUT2D eigenvalue weighted by molar-refractivity contribution is -0.137. The van der Waals surface area contributed by atoms with Crippen molar-refractivity contribution in [3.8, 4) is 0 Å². The predicted molar refractivity (Wildman–Crippen MR) is 120 cm³/mol. The second-order valence-corrected chi connectivity index (χ2v) is 7.38. The normalized spacial score (nSPS) is 14.4. The third kappa shape index (κ3) is 5.76. The van der Waals surface area contributed by atoms with Gasteiger partial charge in [-0.15, -0.1) is 0 Å². The van der Waals surface area contributed by atoms with Gasteiger partial charge in [0.15, 0.2) is 11.6 Å². The molecule has 0 spiro atoms. The molecule has 8 nitrogen and oxygen atoms in total. The summed E-state index contributed by atoms with van der Waals surface area (Å²) in [6.07, 6.45) is -0.368. The van der Waals surface area contributed by atoms with Crippen LogP contribution in [0, 0.1) is 5.82 Å². The van der Waals surface area contributed by atoms with Gasteiger partial charge in [0.2, 0.25) is 5.95 Å². The summed E-state index contributed by atoms with van der Waals surface area (Å²) in [5.74, 6) is -0.117. The zero-order valence-electron chi connectivity index (χ0n) is 18.1. The molecular weight excluding hydrogens is 454 g/mol. The van der Waals surface area contributed by atoms with E-state index >= 15 is 0 Å². The smallest absolute Gasteiger partial charge is 0.378 e. The van der Waals surface area contributed by atoms with Gasteiger partial charge in [-0.2, -0.15) is 23.3 Å². The number of hydrazone groups is 1. The number of rotatable bonds is 6. The van der Waals surface area contributed by atoms with Gasteiger partial charge in [-0.3, -0.25) is 4.98 Å². The molecule has 4 rings (SSSR count). The van der Waals surface area contributed by atoms with E-state index in [-0.39, 0.29) is 11.8 Å².